The minimum atomic E-state index is -3.93. The Balaban J connectivity index is 1.70. The van der Waals surface area contributed by atoms with E-state index < -0.39 is 21.9 Å². The Morgan fingerprint density at radius 1 is 1.09 bits per heavy atom. The van der Waals surface area contributed by atoms with E-state index in [1.165, 1.54) is 53.9 Å². The van der Waals surface area contributed by atoms with Crippen molar-refractivity contribution in [3.05, 3.63) is 81.3 Å². The minimum Gasteiger partial charge on any atom is -0.496 e. The number of hydrogen-bond acceptors (Lipinski definition) is 5. The molecule has 176 valence electrons. The van der Waals surface area contributed by atoms with Gasteiger partial charge in [-0.15, -0.1) is 0 Å². The number of anilines is 2. The topological polar surface area (TPSA) is 113 Å². The number of nitrogens with zero attached hydrogens (tertiary/aromatic N) is 1. The van der Waals surface area contributed by atoms with Crippen LogP contribution in [0.2, 0.25) is 10.0 Å². The first-order chi connectivity index (χ1) is 16.1. The van der Waals surface area contributed by atoms with Crippen LogP contribution in [0.25, 0.3) is 0 Å². The minimum absolute atomic E-state index is 0.0318. The molecule has 0 bridgehead atoms. The number of carboxylic acid groups (broad SMARTS) is 1. The van der Waals surface area contributed by atoms with Gasteiger partial charge in [-0.2, -0.15) is 0 Å². The molecule has 8 nitrogen and oxygen atoms in total. The van der Waals surface area contributed by atoms with Crippen LogP contribution in [0.1, 0.15) is 26.3 Å². The first kappa shape index (κ1) is 23.9. The van der Waals surface area contributed by atoms with Gasteiger partial charge in [0.15, 0.2) is 0 Å². The van der Waals surface area contributed by atoms with Gasteiger partial charge in [-0.1, -0.05) is 29.3 Å². The summed E-state index contributed by atoms with van der Waals surface area (Å²) in [6.07, 6.45) is 0.409. The molecule has 0 aromatic heterocycles. The smallest absolute Gasteiger partial charge is 0.337 e. The molecule has 34 heavy (non-hydrogen) atoms. The van der Waals surface area contributed by atoms with E-state index in [2.05, 4.69) is 5.32 Å². The molecule has 0 atom stereocenters. The molecule has 0 aliphatic carbocycles. The number of methoxy groups -OCH3 is 1. The van der Waals surface area contributed by atoms with Gasteiger partial charge >= 0.3 is 5.97 Å². The molecule has 3 aromatic rings. The van der Waals surface area contributed by atoms with Crippen LogP contribution in [0.4, 0.5) is 11.4 Å². The fraction of sp³-hybridized carbons (Fsp3) is 0.130. The standard InChI is InChI=1S/C23H18Cl2N2O6S/c1-33-21-10-13(22(28)26-15-5-6-17(23(29)30)19(25)12-15)9-20-18(21)7-8-27(20)34(31,32)16-4-2-3-14(24)11-16/h2-6,9-12H,7-8H2,1H3,(H,26,28)(H,29,30). The number of hydrogen-bond donors (Lipinski definition) is 2. The Kier molecular flexibility index (Phi) is 6.44. The van der Waals surface area contributed by atoms with Crippen molar-refractivity contribution in [2.45, 2.75) is 11.3 Å². The number of amides is 1. The van der Waals surface area contributed by atoms with Gasteiger partial charge in [0.05, 0.1) is 28.3 Å². The molecule has 0 unspecified atom stereocenters. The van der Waals surface area contributed by atoms with Crippen molar-refractivity contribution in [2.75, 3.05) is 23.3 Å². The van der Waals surface area contributed by atoms with E-state index in [-0.39, 0.29) is 33.3 Å². The van der Waals surface area contributed by atoms with Crippen molar-refractivity contribution in [1.29, 1.82) is 0 Å². The van der Waals surface area contributed by atoms with Gasteiger partial charge in [0.25, 0.3) is 15.9 Å². The van der Waals surface area contributed by atoms with Gasteiger partial charge in [0.2, 0.25) is 0 Å². The van der Waals surface area contributed by atoms with Crippen LogP contribution < -0.4 is 14.4 Å². The van der Waals surface area contributed by atoms with Crippen molar-refractivity contribution >= 4 is 56.5 Å². The van der Waals surface area contributed by atoms with E-state index in [1.54, 1.807) is 12.1 Å². The second-order valence-corrected chi connectivity index (χ2v) is 10.1. The van der Waals surface area contributed by atoms with Crippen LogP contribution in [0.5, 0.6) is 5.75 Å². The lowest BCUT2D eigenvalue weighted by atomic mass is 10.1. The first-order valence-corrected chi connectivity index (χ1v) is 12.1. The van der Waals surface area contributed by atoms with Crippen LogP contribution in [0, 0.1) is 0 Å². The maximum atomic E-state index is 13.3. The number of aromatic carboxylic acids is 1. The van der Waals surface area contributed by atoms with Crippen molar-refractivity contribution in [2.24, 2.45) is 0 Å². The molecule has 11 heteroatoms. The highest BCUT2D eigenvalue weighted by atomic mass is 35.5. The van der Waals surface area contributed by atoms with Gasteiger partial charge in [-0.25, -0.2) is 13.2 Å². The Morgan fingerprint density at radius 2 is 1.85 bits per heavy atom. The van der Waals surface area contributed by atoms with Gasteiger partial charge in [0, 0.05) is 28.4 Å². The van der Waals surface area contributed by atoms with E-state index in [0.717, 1.165) is 0 Å². The van der Waals surface area contributed by atoms with Crippen molar-refractivity contribution in [3.8, 4) is 5.75 Å². The number of carbonyl (C=O) groups excluding carboxylic acids is 1. The van der Waals surface area contributed by atoms with Crippen LogP contribution in [-0.4, -0.2) is 39.1 Å². The Labute approximate surface area is 205 Å². The van der Waals surface area contributed by atoms with Crippen LogP contribution in [0.15, 0.2) is 59.5 Å². The zero-order chi connectivity index (χ0) is 24.6. The second kappa shape index (κ2) is 9.17. The summed E-state index contributed by atoms with van der Waals surface area (Å²) in [6, 6.07) is 13.0. The fourth-order valence-electron chi connectivity index (χ4n) is 3.73. The quantitative estimate of drug-likeness (QED) is 0.486. The van der Waals surface area contributed by atoms with Crippen LogP contribution >= 0.6 is 23.2 Å². The van der Waals surface area contributed by atoms with E-state index in [1.807, 2.05) is 0 Å². The van der Waals surface area contributed by atoms with Crippen LogP contribution in [0.3, 0.4) is 0 Å². The Hall–Kier alpha value is -3.27. The normalized spacial score (nSPS) is 12.9. The maximum Gasteiger partial charge on any atom is 0.337 e. The highest BCUT2D eigenvalue weighted by molar-refractivity contribution is 7.92. The van der Waals surface area contributed by atoms with Gasteiger partial charge in [-0.3, -0.25) is 9.10 Å². The SMILES string of the molecule is COc1cc(C(=O)Nc2ccc(C(=O)O)c(Cl)c2)cc2c1CCN2S(=O)(=O)c1cccc(Cl)c1. The number of nitrogens with one attached hydrogen (secondary N) is 1. The van der Waals surface area contributed by atoms with Gasteiger partial charge < -0.3 is 15.2 Å². The summed E-state index contributed by atoms with van der Waals surface area (Å²) in [5.41, 5.74) is 1.34. The van der Waals surface area contributed by atoms with Crippen molar-refractivity contribution in [3.63, 3.8) is 0 Å². The molecule has 1 aliphatic heterocycles. The fourth-order valence-corrected chi connectivity index (χ4v) is 5.78. The zero-order valence-electron chi connectivity index (χ0n) is 17.7. The predicted molar refractivity (Wildman–Crippen MR) is 129 cm³/mol. The number of rotatable bonds is 6. The molecule has 1 amide bonds. The number of sulfonamides is 1. The third-order valence-electron chi connectivity index (χ3n) is 5.34. The van der Waals surface area contributed by atoms with E-state index in [9.17, 15) is 18.0 Å². The third kappa shape index (κ3) is 4.42. The highest BCUT2D eigenvalue weighted by Crippen LogP contribution is 2.40. The van der Waals surface area contributed by atoms with Gasteiger partial charge in [-0.05, 0) is 55.0 Å². The number of carbonyl (C=O) groups is 2. The molecular formula is C23H18Cl2N2O6S. The molecular weight excluding hydrogens is 503 g/mol. The molecule has 0 fully saturated rings. The number of carboxylic acids is 1. The summed E-state index contributed by atoms with van der Waals surface area (Å²) in [6.45, 7) is 0.178. The summed E-state index contributed by atoms with van der Waals surface area (Å²) < 4.78 is 33.3. The number of fused-ring (bicyclic) bond motifs is 1. The molecule has 2 N–H and O–H groups in total. The highest BCUT2D eigenvalue weighted by Gasteiger charge is 2.34. The largest absolute Gasteiger partial charge is 0.496 e. The number of ether oxygens (including phenoxy) is 1. The maximum absolute atomic E-state index is 13.3. The van der Waals surface area contributed by atoms with Crippen molar-refractivity contribution < 1.29 is 27.9 Å². The molecule has 0 spiro atoms. The molecule has 0 saturated carbocycles. The summed E-state index contributed by atoms with van der Waals surface area (Å²) in [7, 11) is -2.49. The Bertz CT molecular complexity index is 1420. The Morgan fingerprint density at radius 3 is 2.50 bits per heavy atom. The lowest BCUT2D eigenvalue weighted by molar-refractivity contribution is 0.0697. The van der Waals surface area contributed by atoms with Gasteiger partial charge in [0.1, 0.15) is 5.75 Å². The molecule has 0 saturated heterocycles. The lowest BCUT2D eigenvalue weighted by Crippen LogP contribution is -2.29. The lowest BCUT2D eigenvalue weighted by Gasteiger charge is -2.21. The molecule has 1 aliphatic rings. The zero-order valence-corrected chi connectivity index (χ0v) is 20.0. The second-order valence-electron chi connectivity index (χ2n) is 7.41. The van der Waals surface area contributed by atoms with Crippen molar-refractivity contribution in [1.82, 2.24) is 0 Å². The van der Waals surface area contributed by atoms with Crippen LogP contribution in [-0.2, 0) is 16.4 Å². The summed E-state index contributed by atoms with van der Waals surface area (Å²) >= 11 is 12.0. The number of halogens is 2. The summed E-state index contributed by atoms with van der Waals surface area (Å²) in [4.78, 5) is 24.2. The molecule has 4 rings (SSSR count). The van der Waals surface area contributed by atoms with E-state index in [4.69, 9.17) is 33.0 Å². The average Bonchev–Trinajstić information content (AvgIpc) is 3.23. The third-order valence-corrected chi connectivity index (χ3v) is 7.70. The van der Waals surface area contributed by atoms with E-state index >= 15 is 0 Å². The predicted octanol–water partition coefficient (Wildman–Crippen LogP) is 4.70. The molecule has 1 heterocycles. The monoisotopic (exact) mass is 520 g/mol. The number of benzene rings is 3. The first-order valence-electron chi connectivity index (χ1n) is 9.95. The molecule has 0 radical (unpaired) electrons. The molecule has 3 aromatic carbocycles. The summed E-state index contributed by atoms with van der Waals surface area (Å²) in [5, 5.41) is 12.0. The summed E-state index contributed by atoms with van der Waals surface area (Å²) in [5.74, 6) is -1.36. The van der Waals surface area contributed by atoms with E-state index in [0.29, 0.717) is 28.4 Å². The average molecular weight is 521 g/mol.